The van der Waals surface area contributed by atoms with Gasteiger partial charge in [-0.05, 0) is 18.2 Å². The Morgan fingerprint density at radius 3 is 2.86 bits per heavy atom. The number of aliphatic imine (C=N–C) groups is 1. The molecule has 0 radical (unpaired) electrons. The summed E-state index contributed by atoms with van der Waals surface area (Å²) in [7, 11) is 1.53. The minimum absolute atomic E-state index is 0.0156. The van der Waals surface area contributed by atoms with Crippen LogP contribution in [-0.4, -0.2) is 58.9 Å². The van der Waals surface area contributed by atoms with Gasteiger partial charge in [-0.3, -0.25) is 15.4 Å². The Morgan fingerprint density at radius 1 is 1.38 bits per heavy atom. The molecule has 9 heteroatoms. The molecule has 2 aliphatic rings. The molecule has 2 aliphatic heterocycles. The lowest BCUT2D eigenvalue weighted by Crippen LogP contribution is -2.38. The number of hydrogen-bond donors (Lipinski definition) is 2. The van der Waals surface area contributed by atoms with Gasteiger partial charge in [0.15, 0.2) is 0 Å². The molecule has 29 heavy (non-hydrogen) atoms. The highest BCUT2D eigenvalue weighted by Gasteiger charge is 2.32. The van der Waals surface area contributed by atoms with Gasteiger partial charge in [-0.15, -0.1) is 0 Å². The van der Waals surface area contributed by atoms with E-state index < -0.39 is 0 Å². The maximum Gasteiger partial charge on any atom is 0.237 e. The second kappa shape index (κ2) is 7.27. The quantitative estimate of drug-likeness (QED) is 0.595. The van der Waals surface area contributed by atoms with E-state index in [1.165, 1.54) is 7.11 Å². The van der Waals surface area contributed by atoms with Crippen LogP contribution in [0.25, 0.3) is 5.69 Å². The van der Waals surface area contributed by atoms with Crippen LogP contribution in [-0.2, 0) is 16.0 Å². The van der Waals surface area contributed by atoms with E-state index in [-0.39, 0.29) is 30.2 Å². The van der Waals surface area contributed by atoms with E-state index in [9.17, 15) is 0 Å². The maximum absolute atomic E-state index is 8.73. The third-order valence-electron chi connectivity index (χ3n) is 4.98. The molecule has 152 valence electrons. The van der Waals surface area contributed by atoms with Crippen molar-refractivity contribution in [1.29, 1.82) is 10.8 Å². The largest absolute Gasteiger partial charge is 0.476 e. The van der Waals surface area contributed by atoms with E-state index in [4.69, 9.17) is 31.9 Å². The van der Waals surface area contributed by atoms with Gasteiger partial charge in [-0.2, -0.15) is 0 Å². The lowest BCUT2D eigenvalue weighted by Gasteiger charge is -2.28. The van der Waals surface area contributed by atoms with Crippen molar-refractivity contribution in [3.63, 3.8) is 0 Å². The third-order valence-corrected chi connectivity index (χ3v) is 5.21. The summed E-state index contributed by atoms with van der Waals surface area (Å²) < 4.78 is 13.0. The van der Waals surface area contributed by atoms with Gasteiger partial charge in [0.1, 0.15) is 30.3 Å². The van der Waals surface area contributed by atoms with Crippen molar-refractivity contribution >= 4 is 29.2 Å². The number of imidazole rings is 1. The van der Waals surface area contributed by atoms with Crippen LogP contribution < -0.4 is 0 Å². The first kappa shape index (κ1) is 19.6. The molecule has 0 saturated heterocycles. The predicted molar refractivity (Wildman–Crippen MR) is 112 cm³/mol. The van der Waals surface area contributed by atoms with Crippen LogP contribution in [0.2, 0.25) is 5.02 Å². The van der Waals surface area contributed by atoms with E-state index in [0.717, 1.165) is 11.4 Å². The van der Waals surface area contributed by atoms with Gasteiger partial charge in [-0.1, -0.05) is 25.4 Å². The van der Waals surface area contributed by atoms with Crippen LogP contribution in [0.1, 0.15) is 30.8 Å². The van der Waals surface area contributed by atoms with Crippen molar-refractivity contribution < 1.29 is 9.47 Å². The van der Waals surface area contributed by atoms with E-state index >= 15 is 0 Å². The summed E-state index contributed by atoms with van der Waals surface area (Å²) in [5.41, 5.74) is 2.81. The zero-order valence-corrected chi connectivity index (χ0v) is 17.4. The smallest absolute Gasteiger partial charge is 0.237 e. The molecular formula is C20H23ClN6O2. The summed E-state index contributed by atoms with van der Waals surface area (Å²) in [6.45, 7) is 5.79. The van der Waals surface area contributed by atoms with Crippen LogP contribution in [0.4, 0.5) is 0 Å². The Bertz CT molecular complexity index is 1030. The number of benzene rings is 1. The highest BCUT2D eigenvalue weighted by Crippen LogP contribution is 2.30. The molecule has 8 nitrogen and oxygen atoms in total. The lowest BCUT2D eigenvalue weighted by molar-refractivity contribution is 0.157. The summed E-state index contributed by atoms with van der Waals surface area (Å²) >= 11 is 6.21. The summed E-state index contributed by atoms with van der Waals surface area (Å²) in [5, 5.41) is 17.7. The van der Waals surface area contributed by atoms with Crippen LogP contribution in [0.15, 0.2) is 29.5 Å². The Morgan fingerprint density at radius 2 is 2.17 bits per heavy atom. The van der Waals surface area contributed by atoms with Crippen LogP contribution in [0, 0.1) is 16.2 Å². The number of nitrogens with one attached hydrogen (secondary N) is 2. The van der Waals surface area contributed by atoms with Gasteiger partial charge < -0.3 is 14.4 Å². The van der Waals surface area contributed by atoms with Gasteiger partial charge in [0.25, 0.3) is 0 Å². The maximum atomic E-state index is 8.73. The molecular weight excluding hydrogens is 392 g/mol. The summed E-state index contributed by atoms with van der Waals surface area (Å²) in [6.07, 6.45) is 1.71. The Hall–Kier alpha value is -2.71. The second-order valence-electron chi connectivity index (χ2n) is 7.96. The second-order valence-corrected chi connectivity index (χ2v) is 8.40. The normalized spacial score (nSPS) is 17.7. The minimum atomic E-state index is -0.0156. The van der Waals surface area contributed by atoms with Crippen molar-refractivity contribution in [3.05, 3.63) is 46.5 Å². The summed E-state index contributed by atoms with van der Waals surface area (Å²) in [6, 6.07) is 5.37. The first-order valence-electron chi connectivity index (χ1n) is 9.27. The number of halogens is 1. The topological polar surface area (TPSA) is 99.6 Å². The Balaban J connectivity index is 1.85. The van der Waals surface area contributed by atoms with Gasteiger partial charge in [0.2, 0.25) is 5.90 Å². The average Bonchev–Trinajstić information content (AvgIpc) is 3.04. The standard InChI is InChI=1S/C20H23ClN6O2/c1-20(2)9-24-19(29-10-20)17-15-7-26(16(22)8-28-3)18(23)13-6-12(21)4-5-14(13)27(15)11-25-17/h4-6,11,22-23H,7-10H2,1-3H3. The summed E-state index contributed by atoms with van der Waals surface area (Å²) in [5.74, 6) is 0.865. The molecule has 0 unspecified atom stereocenters. The summed E-state index contributed by atoms with van der Waals surface area (Å²) in [4.78, 5) is 10.8. The average molecular weight is 415 g/mol. The first-order chi connectivity index (χ1) is 13.8. The SMILES string of the molecule is COCC(=N)N1Cc2c(C3=NCC(C)(C)CO3)ncn2-c2ccc(Cl)cc2C1=N. The number of nitrogens with zero attached hydrogens (tertiary/aromatic N) is 4. The third kappa shape index (κ3) is 3.54. The zero-order valence-electron chi connectivity index (χ0n) is 16.6. The Labute approximate surface area is 174 Å². The molecule has 0 aliphatic carbocycles. The Kier molecular flexibility index (Phi) is 4.92. The number of aromatic nitrogens is 2. The van der Waals surface area contributed by atoms with E-state index in [1.807, 2.05) is 10.6 Å². The molecule has 2 aromatic rings. The monoisotopic (exact) mass is 414 g/mol. The fourth-order valence-corrected chi connectivity index (χ4v) is 3.59. The number of fused-ring (bicyclic) bond motifs is 3. The molecule has 3 heterocycles. The highest BCUT2D eigenvalue weighted by atomic mass is 35.5. The fourth-order valence-electron chi connectivity index (χ4n) is 3.42. The zero-order chi connectivity index (χ0) is 20.8. The van der Waals surface area contributed by atoms with Crippen molar-refractivity contribution in [2.75, 3.05) is 26.9 Å². The molecule has 0 amide bonds. The minimum Gasteiger partial charge on any atom is -0.476 e. The van der Waals surface area contributed by atoms with Crippen molar-refractivity contribution in [2.24, 2.45) is 10.4 Å². The first-order valence-corrected chi connectivity index (χ1v) is 9.65. The molecule has 2 N–H and O–H groups in total. The number of ether oxygens (including phenoxy) is 2. The van der Waals surface area contributed by atoms with Crippen molar-refractivity contribution in [1.82, 2.24) is 14.5 Å². The van der Waals surface area contributed by atoms with Gasteiger partial charge in [0, 0.05) is 23.1 Å². The van der Waals surface area contributed by atoms with Crippen molar-refractivity contribution in [2.45, 2.75) is 20.4 Å². The molecule has 1 aromatic carbocycles. The lowest BCUT2D eigenvalue weighted by atomic mass is 9.94. The molecule has 1 aromatic heterocycles. The van der Waals surface area contributed by atoms with Crippen molar-refractivity contribution in [3.8, 4) is 5.69 Å². The van der Waals surface area contributed by atoms with E-state index in [1.54, 1.807) is 23.4 Å². The number of amidine groups is 2. The number of hydrogen-bond acceptors (Lipinski definition) is 6. The number of rotatable bonds is 3. The van der Waals surface area contributed by atoms with E-state index in [0.29, 0.717) is 35.3 Å². The van der Waals surface area contributed by atoms with Crippen LogP contribution in [0.5, 0.6) is 0 Å². The van der Waals surface area contributed by atoms with Gasteiger partial charge in [-0.25, -0.2) is 9.98 Å². The molecule has 0 atom stereocenters. The molecule has 0 saturated carbocycles. The van der Waals surface area contributed by atoms with Crippen LogP contribution in [0.3, 0.4) is 0 Å². The van der Waals surface area contributed by atoms with E-state index in [2.05, 4.69) is 23.8 Å². The highest BCUT2D eigenvalue weighted by molar-refractivity contribution is 6.31. The predicted octanol–water partition coefficient (Wildman–Crippen LogP) is 3.09. The fraction of sp³-hybridized carbons (Fsp3) is 0.400. The molecule has 0 bridgehead atoms. The molecule has 0 spiro atoms. The number of methoxy groups -OCH3 is 1. The molecule has 0 fully saturated rings. The molecule has 4 rings (SSSR count). The van der Waals surface area contributed by atoms with Gasteiger partial charge >= 0.3 is 0 Å². The van der Waals surface area contributed by atoms with Crippen LogP contribution >= 0.6 is 11.6 Å². The van der Waals surface area contributed by atoms with Gasteiger partial charge in [0.05, 0.1) is 31.1 Å².